The smallest absolute Gasteiger partial charge is 0.258 e. The van der Waals surface area contributed by atoms with Crippen molar-refractivity contribution in [2.45, 2.75) is 0 Å². The van der Waals surface area contributed by atoms with Crippen LogP contribution >= 0.6 is 0 Å². The number of hydrogen-bond acceptors (Lipinski definition) is 7. The van der Waals surface area contributed by atoms with Crippen LogP contribution in [0.3, 0.4) is 0 Å². The van der Waals surface area contributed by atoms with E-state index in [2.05, 4.69) is 31.3 Å². The van der Waals surface area contributed by atoms with Crippen molar-refractivity contribution >= 4 is 17.5 Å². The van der Waals surface area contributed by atoms with Gasteiger partial charge >= 0.3 is 0 Å². The quantitative estimate of drug-likeness (QED) is 0.624. The van der Waals surface area contributed by atoms with Crippen molar-refractivity contribution in [1.82, 2.24) is 35.3 Å². The zero-order chi connectivity index (χ0) is 18.5. The average Bonchev–Trinajstić information content (AvgIpc) is 3.30. The highest BCUT2D eigenvalue weighted by molar-refractivity contribution is 6.00. The number of nitrogens with one attached hydrogen (secondary N) is 2. The minimum absolute atomic E-state index is 0.189. The average molecular weight is 356 g/mol. The van der Waals surface area contributed by atoms with Gasteiger partial charge < -0.3 is 15.4 Å². The number of methoxy groups -OCH3 is 1. The summed E-state index contributed by atoms with van der Waals surface area (Å²) in [6.07, 6.45) is 2.99. The largest absolute Gasteiger partial charge is 0.479 e. The van der Waals surface area contributed by atoms with Crippen LogP contribution in [0.1, 0.15) is 10.4 Å². The van der Waals surface area contributed by atoms with Crippen LogP contribution in [0.4, 0.5) is 5.69 Å². The van der Waals surface area contributed by atoms with Crippen LogP contribution in [-0.4, -0.2) is 55.5 Å². The minimum atomic E-state index is -0.445. The Morgan fingerprint density at radius 3 is 2.65 bits per heavy atom. The maximum Gasteiger partial charge on any atom is 0.258 e. The molecule has 2 N–H and O–H groups in total. The van der Waals surface area contributed by atoms with E-state index in [1.54, 1.807) is 31.3 Å². The third-order valence-electron chi connectivity index (χ3n) is 3.41. The molecule has 0 saturated carbocycles. The molecule has 0 radical (unpaired) electrons. The maximum absolute atomic E-state index is 12.1. The van der Waals surface area contributed by atoms with E-state index >= 15 is 0 Å². The number of nitrogens with zero attached hydrogens (tertiary/aromatic N) is 6. The van der Waals surface area contributed by atoms with E-state index in [0.717, 1.165) is 5.69 Å². The number of benzene rings is 1. The number of rotatable bonds is 6. The summed E-state index contributed by atoms with van der Waals surface area (Å²) >= 11 is 0. The van der Waals surface area contributed by atoms with Crippen LogP contribution in [0.25, 0.3) is 5.69 Å². The van der Waals surface area contributed by atoms with Gasteiger partial charge in [-0.15, -0.1) is 10.2 Å². The lowest BCUT2D eigenvalue weighted by Gasteiger charge is -2.07. The van der Waals surface area contributed by atoms with Crippen LogP contribution in [0.5, 0.6) is 5.88 Å². The zero-order valence-electron chi connectivity index (χ0n) is 14.1. The van der Waals surface area contributed by atoms with Gasteiger partial charge in [-0.3, -0.25) is 14.3 Å². The summed E-state index contributed by atoms with van der Waals surface area (Å²) in [5.41, 5.74) is 1.60. The van der Waals surface area contributed by atoms with Gasteiger partial charge in [0.1, 0.15) is 11.9 Å². The molecule has 0 aliphatic carbocycles. The summed E-state index contributed by atoms with van der Waals surface area (Å²) < 4.78 is 7.97. The second-order valence-electron chi connectivity index (χ2n) is 5.26. The van der Waals surface area contributed by atoms with Gasteiger partial charge in [0.05, 0.1) is 19.3 Å². The van der Waals surface area contributed by atoms with Crippen molar-refractivity contribution in [1.29, 1.82) is 0 Å². The monoisotopic (exact) mass is 356 g/mol. The van der Waals surface area contributed by atoms with Crippen molar-refractivity contribution in [2.75, 3.05) is 19.0 Å². The topological polar surface area (TPSA) is 129 Å². The SMILES string of the molecule is COc1nn(C)cc1C(=O)NCC(=O)Nc1ccc(-n2cnnn2)cc1. The lowest BCUT2D eigenvalue weighted by Crippen LogP contribution is -2.32. The Hall–Kier alpha value is -3.76. The molecular weight excluding hydrogens is 340 g/mol. The van der Waals surface area contributed by atoms with E-state index in [4.69, 9.17) is 4.74 Å². The highest BCUT2D eigenvalue weighted by Gasteiger charge is 2.17. The Bertz CT molecular complexity index is 902. The van der Waals surface area contributed by atoms with E-state index in [1.807, 2.05) is 0 Å². The number of carbonyl (C=O) groups excluding carboxylic acids is 2. The van der Waals surface area contributed by atoms with Crippen LogP contribution in [-0.2, 0) is 11.8 Å². The van der Waals surface area contributed by atoms with Gasteiger partial charge in [0.25, 0.3) is 5.91 Å². The van der Waals surface area contributed by atoms with Gasteiger partial charge in [-0.1, -0.05) is 0 Å². The van der Waals surface area contributed by atoms with Gasteiger partial charge in [0.2, 0.25) is 11.8 Å². The second kappa shape index (κ2) is 7.42. The molecular formula is C15H16N8O3. The molecule has 2 heterocycles. The molecule has 11 nitrogen and oxygen atoms in total. The number of ether oxygens (including phenoxy) is 1. The summed E-state index contributed by atoms with van der Waals surface area (Å²) in [6.45, 7) is -0.189. The Kier molecular flexibility index (Phi) is 4.87. The number of anilines is 1. The molecule has 0 atom stereocenters. The third kappa shape index (κ3) is 3.83. The predicted octanol–water partition coefficient (Wildman–Crippen LogP) is -0.227. The van der Waals surface area contributed by atoms with Crippen molar-refractivity contribution in [3.05, 3.63) is 42.4 Å². The van der Waals surface area contributed by atoms with Crippen molar-refractivity contribution in [3.63, 3.8) is 0 Å². The molecule has 11 heteroatoms. The molecule has 0 saturated heterocycles. The van der Waals surface area contributed by atoms with Crippen LogP contribution in [0.15, 0.2) is 36.8 Å². The highest BCUT2D eigenvalue weighted by atomic mass is 16.5. The van der Waals surface area contributed by atoms with Crippen molar-refractivity contribution < 1.29 is 14.3 Å². The molecule has 26 heavy (non-hydrogen) atoms. The Morgan fingerprint density at radius 1 is 1.23 bits per heavy atom. The van der Waals surface area contributed by atoms with Gasteiger partial charge in [-0.2, -0.15) is 0 Å². The van der Waals surface area contributed by atoms with Crippen molar-refractivity contribution in [3.8, 4) is 11.6 Å². The molecule has 0 spiro atoms. The Balaban J connectivity index is 1.54. The molecule has 3 rings (SSSR count). The maximum atomic E-state index is 12.1. The zero-order valence-corrected chi connectivity index (χ0v) is 14.1. The fraction of sp³-hybridized carbons (Fsp3) is 0.200. The Labute approximate surface area is 147 Å². The normalized spacial score (nSPS) is 10.4. The van der Waals surface area contributed by atoms with E-state index < -0.39 is 5.91 Å². The number of amides is 2. The summed E-state index contributed by atoms with van der Waals surface area (Å²) in [5.74, 6) is -0.612. The van der Waals surface area contributed by atoms with Crippen molar-refractivity contribution in [2.24, 2.45) is 7.05 Å². The van der Waals surface area contributed by atoms with E-state index in [0.29, 0.717) is 5.69 Å². The van der Waals surface area contributed by atoms with Crippen LogP contribution in [0.2, 0.25) is 0 Å². The lowest BCUT2D eigenvalue weighted by atomic mass is 10.3. The molecule has 0 aliphatic heterocycles. The summed E-state index contributed by atoms with van der Waals surface area (Å²) in [6, 6.07) is 6.93. The molecule has 0 unspecified atom stereocenters. The van der Waals surface area contributed by atoms with Crippen LogP contribution < -0.4 is 15.4 Å². The standard InChI is InChI=1S/C15H16N8O3/c1-22-8-12(15(19-22)26-2)14(25)16-7-13(24)18-10-3-5-11(6-4-10)23-9-17-20-21-23/h3-6,8-9H,7H2,1-2H3,(H,16,25)(H,18,24). The summed E-state index contributed by atoms with van der Waals surface area (Å²) in [4.78, 5) is 24.1. The molecule has 2 aromatic heterocycles. The van der Waals surface area contributed by atoms with E-state index in [9.17, 15) is 9.59 Å². The van der Waals surface area contributed by atoms with Gasteiger partial charge in [-0.05, 0) is 34.7 Å². The molecule has 0 bridgehead atoms. The minimum Gasteiger partial charge on any atom is -0.479 e. The second-order valence-corrected chi connectivity index (χ2v) is 5.26. The Morgan fingerprint density at radius 2 is 2.00 bits per heavy atom. The first-order chi connectivity index (χ1) is 12.6. The lowest BCUT2D eigenvalue weighted by molar-refractivity contribution is -0.115. The number of tetrazole rings is 1. The number of hydrogen-bond donors (Lipinski definition) is 2. The van der Waals surface area contributed by atoms with Gasteiger partial charge in [-0.25, -0.2) is 4.68 Å². The molecule has 2 amide bonds. The van der Waals surface area contributed by atoms with E-state index in [1.165, 1.54) is 29.0 Å². The van der Waals surface area contributed by atoms with Crippen LogP contribution in [0, 0.1) is 0 Å². The molecule has 0 aliphatic rings. The van der Waals surface area contributed by atoms with E-state index in [-0.39, 0.29) is 23.9 Å². The molecule has 0 fully saturated rings. The number of aryl methyl sites for hydroxylation is 1. The number of carbonyl (C=O) groups is 2. The molecule has 1 aromatic carbocycles. The predicted molar refractivity (Wildman–Crippen MR) is 89.9 cm³/mol. The van der Waals surface area contributed by atoms with Gasteiger partial charge in [0, 0.05) is 18.9 Å². The molecule has 134 valence electrons. The summed E-state index contributed by atoms with van der Waals surface area (Å²) in [5, 5.41) is 20.1. The first kappa shape index (κ1) is 17.1. The molecule has 3 aromatic rings. The third-order valence-corrected chi connectivity index (χ3v) is 3.41. The fourth-order valence-electron chi connectivity index (χ4n) is 2.21. The highest BCUT2D eigenvalue weighted by Crippen LogP contribution is 2.14. The van der Waals surface area contributed by atoms with Gasteiger partial charge in [0.15, 0.2) is 0 Å². The first-order valence-corrected chi connectivity index (χ1v) is 7.56. The summed E-state index contributed by atoms with van der Waals surface area (Å²) in [7, 11) is 3.09. The fourth-order valence-corrected chi connectivity index (χ4v) is 2.21. The first-order valence-electron chi connectivity index (χ1n) is 7.56. The number of aromatic nitrogens is 6.